The molecule has 1 aliphatic heterocycles. The van der Waals surface area contributed by atoms with Crippen LogP contribution in [0.15, 0.2) is 18.2 Å². The predicted molar refractivity (Wildman–Crippen MR) is 72.8 cm³/mol. The normalized spacial score (nSPS) is 13.7. The predicted octanol–water partition coefficient (Wildman–Crippen LogP) is 3.36. The van der Waals surface area contributed by atoms with Gasteiger partial charge in [-0.2, -0.15) is 0 Å². The molecule has 92 valence electrons. The van der Waals surface area contributed by atoms with E-state index in [0.717, 1.165) is 30.0 Å². The Bertz CT molecular complexity index is 626. The van der Waals surface area contributed by atoms with Gasteiger partial charge in [0.15, 0.2) is 5.82 Å². The minimum absolute atomic E-state index is 0.522. The second kappa shape index (κ2) is 4.50. The molecule has 3 nitrogen and oxygen atoms in total. The van der Waals surface area contributed by atoms with E-state index in [1.165, 1.54) is 5.56 Å². The van der Waals surface area contributed by atoms with E-state index in [1.807, 2.05) is 13.0 Å². The molecule has 1 aromatic carbocycles. The maximum atomic E-state index is 6.02. The molecule has 1 N–H and O–H groups in total. The molecule has 18 heavy (non-hydrogen) atoms. The van der Waals surface area contributed by atoms with E-state index in [2.05, 4.69) is 15.3 Å². The lowest BCUT2D eigenvalue weighted by atomic mass is 10.1. The first-order valence-corrected chi connectivity index (χ1v) is 6.43. The minimum atomic E-state index is 0.522. The number of hydrogen-bond donors (Lipinski definition) is 1. The molecule has 0 bridgehead atoms. The van der Waals surface area contributed by atoms with Crippen LogP contribution in [0.25, 0.3) is 11.4 Å². The fourth-order valence-electron chi connectivity index (χ4n) is 2.10. The molecule has 5 heteroatoms. The van der Waals surface area contributed by atoms with Crippen molar-refractivity contribution in [3.8, 4) is 11.4 Å². The number of nitrogens with one attached hydrogen (secondary N) is 1. The number of aromatic nitrogens is 2. The van der Waals surface area contributed by atoms with Gasteiger partial charge in [0.25, 0.3) is 0 Å². The first kappa shape index (κ1) is 11.9. The highest BCUT2D eigenvalue weighted by Crippen LogP contribution is 2.28. The maximum Gasteiger partial charge on any atom is 0.159 e. The van der Waals surface area contributed by atoms with Gasteiger partial charge in [0.05, 0.1) is 15.7 Å². The van der Waals surface area contributed by atoms with Gasteiger partial charge in [-0.15, -0.1) is 0 Å². The summed E-state index contributed by atoms with van der Waals surface area (Å²) in [5, 5.41) is 4.34. The molecule has 0 fully saturated rings. The Hall–Kier alpha value is -1.16. The fraction of sp³-hybridized carbons (Fsp3) is 0.231. The van der Waals surface area contributed by atoms with Gasteiger partial charge < -0.3 is 5.32 Å². The Morgan fingerprint density at radius 1 is 1.11 bits per heavy atom. The van der Waals surface area contributed by atoms with Crippen molar-refractivity contribution < 1.29 is 0 Å². The lowest BCUT2D eigenvalue weighted by Gasteiger charge is -2.07. The Morgan fingerprint density at radius 3 is 2.72 bits per heavy atom. The third-order valence-electron chi connectivity index (χ3n) is 3.07. The van der Waals surface area contributed by atoms with Crippen LogP contribution in [0.1, 0.15) is 17.0 Å². The summed E-state index contributed by atoms with van der Waals surface area (Å²) in [6.45, 7) is 3.66. The van der Waals surface area contributed by atoms with Crippen LogP contribution in [-0.4, -0.2) is 9.97 Å². The summed E-state index contributed by atoms with van der Waals surface area (Å²) in [6, 6.07) is 5.45. The lowest BCUT2D eigenvalue weighted by molar-refractivity contribution is 0.757. The third kappa shape index (κ3) is 1.99. The van der Waals surface area contributed by atoms with Crippen molar-refractivity contribution in [1.29, 1.82) is 0 Å². The van der Waals surface area contributed by atoms with Gasteiger partial charge in [-0.05, 0) is 25.1 Å². The largest absolute Gasteiger partial charge is 0.307 e. The van der Waals surface area contributed by atoms with Crippen LogP contribution in [0, 0.1) is 6.92 Å². The summed E-state index contributed by atoms with van der Waals surface area (Å²) < 4.78 is 0. The number of nitrogens with zero attached hydrogens (tertiary/aromatic N) is 2. The van der Waals surface area contributed by atoms with Gasteiger partial charge in [0, 0.05) is 29.9 Å². The molecule has 1 aromatic heterocycles. The van der Waals surface area contributed by atoms with Crippen molar-refractivity contribution in [2.45, 2.75) is 20.0 Å². The molecule has 0 radical (unpaired) electrons. The quantitative estimate of drug-likeness (QED) is 0.870. The van der Waals surface area contributed by atoms with Crippen molar-refractivity contribution >= 4 is 23.2 Å². The Labute approximate surface area is 115 Å². The van der Waals surface area contributed by atoms with E-state index >= 15 is 0 Å². The smallest absolute Gasteiger partial charge is 0.159 e. The highest BCUT2D eigenvalue weighted by molar-refractivity contribution is 6.42. The molecule has 0 saturated heterocycles. The van der Waals surface area contributed by atoms with Crippen LogP contribution in [0.3, 0.4) is 0 Å². The molecule has 0 atom stereocenters. The van der Waals surface area contributed by atoms with Gasteiger partial charge in [0.2, 0.25) is 0 Å². The number of hydrogen-bond acceptors (Lipinski definition) is 3. The third-order valence-corrected chi connectivity index (χ3v) is 3.81. The Balaban J connectivity index is 2.12. The standard InChI is InChI=1S/C13H11Cl2N3/c1-7-9-5-16-6-12(9)18-13(17-7)8-2-3-10(14)11(15)4-8/h2-4,16H,5-6H2,1H3. The van der Waals surface area contributed by atoms with Crippen molar-refractivity contribution in [3.05, 3.63) is 45.2 Å². The van der Waals surface area contributed by atoms with Gasteiger partial charge in [0.1, 0.15) is 0 Å². The molecule has 3 rings (SSSR count). The summed E-state index contributed by atoms with van der Waals surface area (Å²) in [6.07, 6.45) is 0. The SMILES string of the molecule is Cc1nc(-c2ccc(Cl)c(Cl)c2)nc2c1CNC2. The summed E-state index contributed by atoms with van der Waals surface area (Å²) >= 11 is 11.9. The maximum absolute atomic E-state index is 6.02. The van der Waals surface area contributed by atoms with Crippen LogP contribution in [0.4, 0.5) is 0 Å². The van der Waals surface area contributed by atoms with Crippen molar-refractivity contribution in [2.75, 3.05) is 0 Å². The summed E-state index contributed by atoms with van der Waals surface area (Å²) in [7, 11) is 0. The van der Waals surface area contributed by atoms with Crippen molar-refractivity contribution in [1.82, 2.24) is 15.3 Å². The molecule has 1 aliphatic rings. The van der Waals surface area contributed by atoms with Gasteiger partial charge in [-0.25, -0.2) is 9.97 Å². The van der Waals surface area contributed by atoms with Crippen LogP contribution in [0.5, 0.6) is 0 Å². The van der Waals surface area contributed by atoms with Crippen LogP contribution in [0.2, 0.25) is 10.0 Å². The molecule has 0 spiro atoms. The van der Waals surface area contributed by atoms with Crippen LogP contribution >= 0.6 is 23.2 Å². The van der Waals surface area contributed by atoms with Crippen molar-refractivity contribution in [3.63, 3.8) is 0 Å². The molecular formula is C13H11Cl2N3. The average Bonchev–Trinajstić information content (AvgIpc) is 2.81. The summed E-state index contributed by atoms with van der Waals surface area (Å²) in [4.78, 5) is 9.11. The first-order valence-electron chi connectivity index (χ1n) is 5.67. The van der Waals surface area contributed by atoms with E-state index < -0.39 is 0 Å². The number of halogens is 2. The summed E-state index contributed by atoms with van der Waals surface area (Å²) in [5.74, 6) is 0.702. The van der Waals surface area contributed by atoms with Gasteiger partial charge in [-0.1, -0.05) is 23.2 Å². The first-order chi connectivity index (χ1) is 8.65. The van der Waals surface area contributed by atoms with Crippen LogP contribution in [-0.2, 0) is 13.1 Å². The zero-order valence-electron chi connectivity index (χ0n) is 9.80. The van der Waals surface area contributed by atoms with Gasteiger partial charge >= 0.3 is 0 Å². The Morgan fingerprint density at radius 2 is 1.94 bits per heavy atom. The molecule has 0 saturated carbocycles. The Kier molecular flexibility index (Phi) is 2.98. The van der Waals surface area contributed by atoms with E-state index in [1.54, 1.807) is 12.1 Å². The van der Waals surface area contributed by atoms with E-state index in [4.69, 9.17) is 23.2 Å². The van der Waals surface area contributed by atoms with E-state index in [-0.39, 0.29) is 0 Å². The van der Waals surface area contributed by atoms with E-state index in [0.29, 0.717) is 15.9 Å². The highest BCUT2D eigenvalue weighted by Gasteiger charge is 2.17. The second-order valence-electron chi connectivity index (χ2n) is 4.29. The molecular weight excluding hydrogens is 269 g/mol. The average molecular weight is 280 g/mol. The molecule has 0 unspecified atom stereocenters. The monoisotopic (exact) mass is 279 g/mol. The highest BCUT2D eigenvalue weighted by atomic mass is 35.5. The van der Waals surface area contributed by atoms with Crippen molar-refractivity contribution in [2.24, 2.45) is 0 Å². The molecule has 2 heterocycles. The number of fused-ring (bicyclic) bond motifs is 1. The van der Waals surface area contributed by atoms with E-state index in [9.17, 15) is 0 Å². The summed E-state index contributed by atoms with van der Waals surface area (Å²) in [5.41, 5.74) is 4.19. The minimum Gasteiger partial charge on any atom is -0.307 e. The molecule has 0 amide bonds. The number of rotatable bonds is 1. The molecule has 2 aromatic rings. The number of benzene rings is 1. The zero-order chi connectivity index (χ0) is 12.7. The fourth-order valence-corrected chi connectivity index (χ4v) is 2.40. The lowest BCUT2D eigenvalue weighted by Crippen LogP contribution is -2.00. The molecule has 0 aliphatic carbocycles. The number of aryl methyl sites for hydroxylation is 1. The zero-order valence-corrected chi connectivity index (χ0v) is 11.3. The second-order valence-corrected chi connectivity index (χ2v) is 5.10. The van der Waals surface area contributed by atoms with Crippen LogP contribution < -0.4 is 5.32 Å². The van der Waals surface area contributed by atoms with Gasteiger partial charge in [-0.3, -0.25) is 0 Å². The topological polar surface area (TPSA) is 37.8 Å².